The van der Waals surface area contributed by atoms with E-state index >= 15 is 0 Å². The lowest BCUT2D eigenvalue weighted by Crippen LogP contribution is -2.50. The first kappa shape index (κ1) is 8.10. The van der Waals surface area contributed by atoms with Gasteiger partial charge in [0.15, 0.2) is 0 Å². The Hall–Kier alpha value is -0.520. The van der Waals surface area contributed by atoms with E-state index in [0.29, 0.717) is 6.04 Å². The molecule has 0 bridgehead atoms. The fourth-order valence-corrected chi connectivity index (χ4v) is 1.86. The van der Waals surface area contributed by atoms with Crippen LogP contribution in [0.25, 0.3) is 0 Å². The van der Waals surface area contributed by atoms with Crippen LogP contribution in [0.5, 0.6) is 0 Å². The normalized spacial score (nSPS) is 23.9. The highest BCUT2D eigenvalue weighted by molar-refractivity contribution is 6.99. The van der Waals surface area contributed by atoms with Crippen molar-refractivity contribution in [1.82, 2.24) is 13.6 Å². The number of nitrogens with two attached hydrogens (primary N) is 1. The molecule has 12 heavy (non-hydrogen) atoms. The van der Waals surface area contributed by atoms with Crippen molar-refractivity contribution < 1.29 is 0 Å². The fraction of sp³-hybridized carbons (Fsp3) is 0.714. The number of likely N-dealkylation sites (tertiary alicyclic amines) is 1. The van der Waals surface area contributed by atoms with Crippen LogP contribution >= 0.6 is 11.7 Å². The quantitative estimate of drug-likeness (QED) is 0.722. The third-order valence-electron chi connectivity index (χ3n) is 2.31. The molecule has 4 nitrogen and oxygen atoms in total. The van der Waals surface area contributed by atoms with Crippen LogP contribution in [0.1, 0.15) is 12.1 Å². The molecule has 0 radical (unpaired) electrons. The molecular formula is C7H12N4S. The largest absolute Gasteiger partial charge is 0.329 e. The van der Waals surface area contributed by atoms with E-state index in [-0.39, 0.29) is 0 Å². The summed E-state index contributed by atoms with van der Waals surface area (Å²) in [7, 11) is 0. The van der Waals surface area contributed by atoms with Gasteiger partial charge in [-0.2, -0.15) is 8.75 Å². The second-order valence-electron chi connectivity index (χ2n) is 3.05. The van der Waals surface area contributed by atoms with Gasteiger partial charge in [-0.3, -0.25) is 4.90 Å². The zero-order chi connectivity index (χ0) is 8.39. The van der Waals surface area contributed by atoms with E-state index in [1.54, 1.807) is 0 Å². The van der Waals surface area contributed by atoms with Gasteiger partial charge in [0.05, 0.1) is 23.6 Å². The predicted molar refractivity (Wildman–Crippen MR) is 47.8 cm³/mol. The van der Waals surface area contributed by atoms with Crippen LogP contribution in [0.3, 0.4) is 0 Å². The third kappa shape index (κ3) is 1.48. The third-order valence-corrected chi connectivity index (χ3v) is 2.83. The Kier molecular flexibility index (Phi) is 2.34. The van der Waals surface area contributed by atoms with E-state index < -0.39 is 0 Å². The maximum Gasteiger partial charge on any atom is 0.0883 e. The highest BCUT2D eigenvalue weighted by Crippen LogP contribution is 2.18. The molecule has 1 saturated heterocycles. The summed E-state index contributed by atoms with van der Waals surface area (Å²) in [4.78, 5) is 2.34. The Labute approximate surface area is 75.7 Å². The first-order valence-corrected chi connectivity index (χ1v) is 4.83. The van der Waals surface area contributed by atoms with Crippen LogP contribution in [0, 0.1) is 0 Å². The Morgan fingerprint density at radius 1 is 1.75 bits per heavy atom. The summed E-state index contributed by atoms with van der Waals surface area (Å²) in [6.07, 6.45) is 3.06. The summed E-state index contributed by atoms with van der Waals surface area (Å²) in [5.74, 6) is 0. The molecule has 0 aliphatic carbocycles. The van der Waals surface area contributed by atoms with E-state index in [0.717, 1.165) is 25.3 Å². The van der Waals surface area contributed by atoms with Gasteiger partial charge < -0.3 is 5.73 Å². The number of aromatic nitrogens is 2. The second kappa shape index (κ2) is 3.47. The van der Waals surface area contributed by atoms with Crippen molar-refractivity contribution in [3.05, 3.63) is 11.9 Å². The molecule has 66 valence electrons. The lowest BCUT2D eigenvalue weighted by molar-refractivity contribution is 0.0870. The van der Waals surface area contributed by atoms with Gasteiger partial charge in [0.2, 0.25) is 0 Å². The average Bonchev–Trinajstić information content (AvgIpc) is 2.51. The minimum Gasteiger partial charge on any atom is -0.329 e. The number of hydrogen-bond acceptors (Lipinski definition) is 5. The van der Waals surface area contributed by atoms with Gasteiger partial charge in [-0.25, -0.2) is 0 Å². The highest BCUT2D eigenvalue weighted by Gasteiger charge is 2.26. The molecule has 0 aromatic carbocycles. The van der Waals surface area contributed by atoms with E-state index in [1.165, 1.54) is 18.1 Å². The molecule has 2 rings (SSSR count). The van der Waals surface area contributed by atoms with Crippen LogP contribution in [0.4, 0.5) is 0 Å². The van der Waals surface area contributed by atoms with Crippen LogP contribution < -0.4 is 5.73 Å². The second-order valence-corrected chi connectivity index (χ2v) is 3.60. The van der Waals surface area contributed by atoms with Crippen LogP contribution in [0.2, 0.25) is 0 Å². The fourth-order valence-electron chi connectivity index (χ4n) is 1.43. The smallest absolute Gasteiger partial charge is 0.0883 e. The number of rotatable bonds is 3. The van der Waals surface area contributed by atoms with Gasteiger partial charge in [0.25, 0.3) is 0 Å². The van der Waals surface area contributed by atoms with Gasteiger partial charge in [0, 0.05) is 25.7 Å². The molecule has 1 fully saturated rings. The standard InChI is InChI=1S/C7H12N4S/c8-3-7-1-2-11(7)5-6-4-9-12-10-6/h4,7H,1-3,5,8H2. The summed E-state index contributed by atoms with van der Waals surface area (Å²) in [5.41, 5.74) is 6.65. The topological polar surface area (TPSA) is 55.0 Å². The predicted octanol–water partition coefficient (Wildman–Crippen LogP) is 0.0711. The van der Waals surface area contributed by atoms with Crippen LogP contribution in [0.15, 0.2) is 6.20 Å². The molecule has 1 aliphatic rings. The average molecular weight is 184 g/mol. The van der Waals surface area contributed by atoms with Gasteiger partial charge >= 0.3 is 0 Å². The minimum atomic E-state index is 0.576. The molecule has 1 unspecified atom stereocenters. The van der Waals surface area contributed by atoms with E-state index in [4.69, 9.17) is 5.73 Å². The van der Waals surface area contributed by atoms with Gasteiger partial charge in [0.1, 0.15) is 0 Å². The summed E-state index contributed by atoms with van der Waals surface area (Å²) < 4.78 is 8.11. The molecule has 0 spiro atoms. The van der Waals surface area contributed by atoms with E-state index in [2.05, 4.69) is 13.6 Å². The van der Waals surface area contributed by atoms with Crippen LogP contribution in [-0.2, 0) is 6.54 Å². The molecule has 1 aromatic heterocycles. The summed E-state index contributed by atoms with van der Waals surface area (Å²) in [6, 6.07) is 0.576. The first-order chi connectivity index (χ1) is 5.90. The SMILES string of the molecule is NCC1CCN1Cc1cnsn1. The van der Waals surface area contributed by atoms with Crippen molar-refractivity contribution in [2.45, 2.75) is 19.0 Å². The maximum absolute atomic E-state index is 5.58. The molecule has 0 amide bonds. The minimum absolute atomic E-state index is 0.576. The number of nitrogens with zero attached hydrogens (tertiary/aromatic N) is 3. The number of hydrogen-bond donors (Lipinski definition) is 1. The summed E-state index contributed by atoms with van der Waals surface area (Å²) in [6.45, 7) is 2.83. The van der Waals surface area contributed by atoms with Crippen molar-refractivity contribution >= 4 is 11.7 Å². The van der Waals surface area contributed by atoms with Gasteiger partial charge in [-0.15, -0.1) is 0 Å². The molecule has 0 saturated carbocycles. The van der Waals surface area contributed by atoms with Gasteiger partial charge in [-0.05, 0) is 6.42 Å². The van der Waals surface area contributed by atoms with Gasteiger partial charge in [-0.1, -0.05) is 0 Å². The Balaban J connectivity index is 1.88. The molecule has 2 N–H and O–H groups in total. The molecule has 1 atom stereocenters. The maximum atomic E-state index is 5.58. The summed E-state index contributed by atoms with van der Waals surface area (Å²) in [5, 5.41) is 0. The van der Waals surface area contributed by atoms with Crippen molar-refractivity contribution in [2.24, 2.45) is 5.73 Å². The molecule has 2 heterocycles. The Morgan fingerprint density at radius 3 is 3.17 bits per heavy atom. The molecule has 1 aromatic rings. The van der Waals surface area contributed by atoms with Crippen LogP contribution in [-0.4, -0.2) is 32.8 Å². The van der Waals surface area contributed by atoms with Crippen molar-refractivity contribution in [2.75, 3.05) is 13.1 Å². The van der Waals surface area contributed by atoms with Crippen molar-refractivity contribution in [3.63, 3.8) is 0 Å². The summed E-state index contributed by atoms with van der Waals surface area (Å²) >= 11 is 1.27. The van der Waals surface area contributed by atoms with Crippen molar-refractivity contribution in [1.29, 1.82) is 0 Å². The lowest BCUT2D eigenvalue weighted by atomic mass is 10.0. The lowest BCUT2D eigenvalue weighted by Gasteiger charge is -2.39. The zero-order valence-electron chi connectivity index (χ0n) is 6.81. The molecular weight excluding hydrogens is 172 g/mol. The van der Waals surface area contributed by atoms with Crippen molar-refractivity contribution in [3.8, 4) is 0 Å². The monoisotopic (exact) mass is 184 g/mol. The zero-order valence-corrected chi connectivity index (χ0v) is 7.63. The molecule has 1 aliphatic heterocycles. The Bertz CT molecular complexity index is 234. The first-order valence-electron chi connectivity index (χ1n) is 4.10. The van der Waals surface area contributed by atoms with E-state index in [1.807, 2.05) is 6.20 Å². The molecule has 5 heteroatoms. The highest BCUT2D eigenvalue weighted by atomic mass is 32.1. The Morgan fingerprint density at radius 2 is 2.67 bits per heavy atom. The van der Waals surface area contributed by atoms with E-state index in [9.17, 15) is 0 Å².